The monoisotopic (exact) mass is 377 g/mol. The lowest BCUT2D eigenvalue weighted by Gasteiger charge is -2.18. The molecular formula is C19H31N5O3. The van der Waals surface area contributed by atoms with Crippen LogP contribution in [0.1, 0.15) is 51.5 Å². The smallest absolute Gasteiger partial charge is 0.320 e. The van der Waals surface area contributed by atoms with Crippen molar-refractivity contribution >= 4 is 17.5 Å². The third-order valence-corrected chi connectivity index (χ3v) is 5.05. The van der Waals surface area contributed by atoms with Crippen LogP contribution in [0.2, 0.25) is 0 Å². The SMILES string of the molecule is CCC[C@H](C)Oc1nc(N)c2c(n1)N(CCCCN[C@H]1CCOC1)C(=O)C2. The highest BCUT2D eigenvalue weighted by atomic mass is 16.5. The zero-order chi connectivity index (χ0) is 19.2. The van der Waals surface area contributed by atoms with Crippen molar-refractivity contribution in [1.82, 2.24) is 15.3 Å². The first-order chi connectivity index (χ1) is 13.1. The number of carbonyl (C=O) groups excluding carboxylic acids is 1. The predicted octanol–water partition coefficient (Wildman–Crippen LogP) is 1.67. The van der Waals surface area contributed by atoms with E-state index in [0.717, 1.165) is 57.4 Å². The number of nitrogens with two attached hydrogens (primary N) is 1. The first kappa shape index (κ1) is 19.8. The van der Waals surface area contributed by atoms with Crippen LogP contribution in [-0.4, -0.2) is 54.3 Å². The van der Waals surface area contributed by atoms with Crippen molar-refractivity contribution in [1.29, 1.82) is 0 Å². The highest BCUT2D eigenvalue weighted by Crippen LogP contribution is 2.32. The number of nitrogens with one attached hydrogen (secondary N) is 1. The summed E-state index contributed by atoms with van der Waals surface area (Å²) in [6.45, 7) is 7.30. The average molecular weight is 377 g/mol. The minimum atomic E-state index is 0.0173. The fourth-order valence-electron chi connectivity index (χ4n) is 3.55. The van der Waals surface area contributed by atoms with Gasteiger partial charge in [0.25, 0.3) is 0 Å². The van der Waals surface area contributed by atoms with Crippen molar-refractivity contribution in [3.63, 3.8) is 0 Å². The molecule has 1 aromatic rings. The van der Waals surface area contributed by atoms with Crippen molar-refractivity contribution in [2.45, 2.75) is 64.5 Å². The van der Waals surface area contributed by atoms with Gasteiger partial charge in [-0.05, 0) is 39.2 Å². The summed E-state index contributed by atoms with van der Waals surface area (Å²) in [5.41, 5.74) is 6.78. The average Bonchev–Trinajstić information content (AvgIpc) is 3.24. The van der Waals surface area contributed by atoms with E-state index in [2.05, 4.69) is 22.2 Å². The molecule has 0 unspecified atom stereocenters. The standard InChI is InChI=1S/C19H31N5O3/c1-3-6-13(2)27-19-22-17(20)15-11-16(25)24(18(15)23-19)9-5-4-8-21-14-7-10-26-12-14/h13-14,21H,3-12H2,1-2H3,(H2,20,22,23)/t13-,14-/m0/s1. The number of unbranched alkanes of at least 4 members (excludes halogenated alkanes) is 1. The number of hydrogen-bond acceptors (Lipinski definition) is 7. The molecule has 3 N–H and O–H groups in total. The van der Waals surface area contributed by atoms with E-state index < -0.39 is 0 Å². The Morgan fingerprint density at radius 1 is 1.41 bits per heavy atom. The van der Waals surface area contributed by atoms with Gasteiger partial charge in [0, 0.05) is 24.8 Å². The van der Waals surface area contributed by atoms with E-state index in [-0.39, 0.29) is 24.4 Å². The van der Waals surface area contributed by atoms with Gasteiger partial charge in [-0.3, -0.25) is 9.69 Å². The Balaban J connectivity index is 1.55. The molecule has 0 aliphatic carbocycles. The van der Waals surface area contributed by atoms with Gasteiger partial charge in [-0.2, -0.15) is 9.97 Å². The summed E-state index contributed by atoms with van der Waals surface area (Å²) in [7, 11) is 0. The molecule has 1 amide bonds. The molecule has 3 rings (SSSR count). The van der Waals surface area contributed by atoms with Gasteiger partial charge in [-0.15, -0.1) is 0 Å². The molecular weight excluding hydrogens is 346 g/mol. The summed E-state index contributed by atoms with van der Waals surface area (Å²) >= 11 is 0. The maximum Gasteiger partial charge on any atom is 0.320 e. The van der Waals surface area contributed by atoms with Gasteiger partial charge in [0.2, 0.25) is 5.91 Å². The summed E-state index contributed by atoms with van der Waals surface area (Å²) in [4.78, 5) is 22.9. The zero-order valence-corrected chi connectivity index (χ0v) is 16.4. The van der Waals surface area contributed by atoms with Gasteiger partial charge >= 0.3 is 6.01 Å². The molecule has 0 radical (unpaired) electrons. The molecule has 0 bridgehead atoms. The Bertz CT molecular complexity index is 648. The number of anilines is 2. The number of nitrogen functional groups attached to an aromatic ring is 1. The number of nitrogens with zero attached hydrogens (tertiary/aromatic N) is 3. The molecule has 1 aromatic heterocycles. The van der Waals surface area contributed by atoms with Gasteiger partial charge in [-0.25, -0.2) is 0 Å². The zero-order valence-electron chi connectivity index (χ0n) is 16.4. The molecule has 150 valence electrons. The molecule has 2 aliphatic rings. The molecule has 0 aromatic carbocycles. The number of ether oxygens (including phenoxy) is 2. The molecule has 1 fully saturated rings. The van der Waals surface area contributed by atoms with Crippen LogP contribution in [0.15, 0.2) is 0 Å². The van der Waals surface area contributed by atoms with Gasteiger partial charge in [0.15, 0.2) is 0 Å². The minimum Gasteiger partial charge on any atom is -0.460 e. The highest BCUT2D eigenvalue weighted by Gasteiger charge is 2.32. The molecule has 8 nitrogen and oxygen atoms in total. The molecule has 3 heterocycles. The van der Waals surface area contributed by atoms with Crippen LogP contribution in [0.3, 0.4) is 0 Å². The van der Waals surface area contributed by atoms with E-state index in [1.807, 2.05) is 6.92 Å². The van der Waals surface area contributed by atoms with Crippen LogP contribution < -0.4 is 20.7 Å². The Hall–Kier alpha value is -1.93. The lowest BCUT2D eigenvalue weighted by molar-refractivity contribution is -0.117. The number of rotatable bonds is 10. The molecule has 2 aliphatic heterocycles. The summed E-state index contributed by atoms with van der Waals surface area (Å²) < 4.78 is 11.1. The van der Waals surface area contributed by atoms with Crippen LogP contribution in [0, 0.1) is 0 Å². The number of carbonyl (C=O) groups is 1. The van der Waals surface area contributed by atoms with Crippen molar-refractivity contribution in [3.05, 3.63) is 5.56 Å². The Labute approximate surface area is 160 Å². The molecule has 2 atom stereocenters. The van der Waals surface area contributed by atoms with E-state index in [4.69, 9.17) is 15.2 Å². The summed E-state index contributed by atoms with van der Waals surface area (Å²) in [6.07, 6.45) is 5.20. The summed E-state index contributed by atoms with van der Waals surface area (Å²) in [5, 5.41) is 3.50. The second kappa shape index (κ2) is 9.32. The lowest BCUT2D eigenvalue weighted by atomic mass is 10.2. The third kappa shape index (κ3) is 5.07. The van der Waals surface area contributed by atoms with Crippen LogP contribution in [0.25, 0.3) is 0 Å². The number of aromatic nitrogens is 2. The van der Waals surface area contributed by atoms with Crippen LogP contribution >= 0.6 is 0 Å². The number of hydrogen-bond donors (Lipinski definition) is 2. The van der Waals surface area contributed by atoms with E-state index in [9.17, 15) is 4.79 Å². The lowest BCUT2D eigenvalue weighted by Crippen LogP contribution is -2.32. The number of amides is 1. The topological polar surface area (TPSA) is 103 Å². The normalized spacial score (nSPS) is 20.1. The van der Waals surface area contributed by atoms with Gasteiger partial charge < -0.3 is 20.5 Å². The fraction of sp³-hybridized carbons (Fsp3) is 0.737. The molecule has 0 spiro atoms. The maximum atomic E-state index is 12.4. The predicted molar refractivity (Wildman–Crippen MR) is 104 cm³/mol. The van der Waals surface area contributed by atoms with Crippen LogP contribution in [0.5, 0.6) is 6.01 Å². The van der Waals surface area contributed by atoms with Crippen molar-refractivity contribution in [2.24, 2.45) is 0 Å². The van der Waals surface area contributed by atoms with Crippen molar-refractivity contribution < 1.29 is 14.3 Å². The summed E-state index contributed by atoms with van der Waals surface area (Å²) in [6, 6.07) is 0.728. The van der Waals surface area contributed by atoms with Crippen LogP contribution in [-0.2, 0) is 16.0 Å². The first-order valence-electron chi connectivity index (χ1n) is 10.0. The molecule has 27 heavy (non-hydrogen) atoms. The summed E-state index contributed by atoms with van der Waals surface area (Å²) in [5.74, 6) is 0.989. The minimum absolute atomic E-state index is 0.0173. The van der Waals surface area contributed by atoms with Crippen molar-refractivity contribution in [3.8, 4) is 6.01 Å². The van der Waals surface area contributed by atoms with Gasteiger partial charge in [-0.1, -0.05) is 13.3 Å². The quantitative estimate of drug-likeness (QED) is 0.598. The van der Waals surface area contributed by atoms with Crippen molar-refractivity contribution in [2.75, 3.05) is 36.9 Å². The maximum absolute atomic E-state index is 12.4. The van der Waals surface area contributed by atoms with Gasteiger partial charge in [0.1, 0.15) is 11.6 Å². The van der Waals surface area contributed by atoms with E-state index in [0.29, 0.717) is 24.2 Å². The number of fused-ring (bicyclic) bond motifs is 1. The molecule has 1 saturated heterocycles. The van der Waals surface area contributed by atoms with Gasteiger partial charge in [0.05, 0.1) is 19.1 Å². The molecule has 0 saturated carbocycles. The third-order valence-electron chi connectivity index (χ3n) is 5.05. The largest absolute Gasteiger partial charge is 0.460 e. The Morgan fingerprint density at radius 2 is 2.26 bits per heavy atom. The fourth-order valence-corrected chi connectivity index (χ4v) is 3.55. The van der Waals surface area contributed by atoms with E-state index in [1.165, 1.54) is 0 Å². The molecule has 8 heteroatoms. The Kier molecular flexibility index (Phi) is 6.84. The first-order valence-corrected chi connectivity index (χ1v) is 10.0. The Morgan fingerprint density at radius 3 is 3.00 bits per heavy atom. The highest BCUT2D eigenvalue weighted by molar-refractivity contribution is 6.01. The van der Waals surface area contributed by atoms with Crippen LogP contribution in [0.4, 0.5) is 11.6 Å². The second-order valence-electron chi connectivity index (χ2n) is 7.35. The second-order valence-corrected chi connectivity index (χ2v) is 7.35. The van der Waals surface area contributed by atoms with E-state index >= 15 is 0 Å². The van der Waals surface area contributed by atoms with E-state index in [1.54, 1.807) is 4.90 Å².